The minimum Gasteiger partial charge on any atom is -0.357 e. The quantitative estimate of drug-likeness (QED) is 0.326. The van der Waals surface area contributed by atoms with Crippen LogP contribution in [0.3, 0.4) is 0 Å². The highest BCUT2D eigenvalue weighted by atomic mass is 16.2. The van der Waals surface area contributed by atoms with Crippen LogP contribution in [-0.2, 0) is 33.6 Å². The summed E-state index contributed by atoms with van der Waals surface area (Å²) >= 11 is 0. The molecule has 0 amide bonds. The number of piperidine rings is 1. The molecule has 2 aromatic heterocycles. The topological polar surface area (TPSA) is 139 Å². The summed E-state index contributed by atoms with van der Waals surface area (Å²) < 4.78 is 5.18. The van der Waals surface area contributed by atoms with Crippen LogP contribution in [0.5, 0.6) is 0 Å². The molecule has 11 nitrogen and oxygen atoms in total. The van der Waals surface area contributed by atoms with Crippen LogP contribution in [0.2, 0.25) is 0 Å². The first-order chi connectivity index (χ1) is 20.7. The first kappa shape index (κ1) is 29.1. The summed E-state index contributed by atoms with van der Waals surface area (Å²) in [7, 11) is 2.86. The summed E-state index contributed by atoms with van der Waals surface area (Å²) in [4.78, 5) is 54.0. The lowest BCUT2D eigenvalue weighted by Crippen LogP contribution is -2.45. The maximum Gasteiger partial charge on any atom is 0.332 e. The molecule has 0 saturated carbocycles. The minimum absolute atomic E-state index is 0.0109. The Balaban J connectivity index is 1.49. The lowest BCUT2D eigenvalue weighted by molar-refractivity contribution is 0.395. The van der Waals surface area contributed by atoms with Gasteiger partial charge in [0, 0.05) is 45.0 Å². The van der Waals surface area contributed by atoms with Crippen LogP contribution in [0.1, 0.15) is 40.8 Å². The summed E-state index contributed by atoms with van der Waals surface area (Å²) in [5.74, 6) is 0.478. The van der Waals surface area contributed by atoms with Gasteiger partial charge in [0.2, 0.25) is 0 Å². The molecule has 3 heterocycles. The lowest BCUT2D eigenvalue weighted by Gasteiger charge is -2.36. The first-order valence-corrected chi connectivity index (χ1v) is 14.0. The van der Waals surface area contributed by atoms with Crippen LogP contribution in [0.15, 0.2) is 79.8 Å². The molecule has 1 saturated heterocycles. The Morgan fingerprint density at radius 3 is 1.91 bits per heavy atom. The van der Waals surface area contributed by atoms with E-state index < -0.39 is 22.5 Å². The van der Waals surface area contributed by atoms with Crippen LogP contribution in [-0.4, -0.2) is 31.4 Å². The van der Waals surface area contributed by atoms with E-state index in [1.165, 1.54) is 30.8 Å². The SMILES string of the molecule is Cn1c(=O)cc(C[C@@H]2CCCN(c3cc(=O)n(C)c(=O)n3Cc3ccccc3C#N)C2)n(Cc2ccccc2C#N)c1=O. The first-order valence-electron chi connectivity index (χ1n) is 14.0. The molecule has 0 N–H and O–H groups in total. The van der Waals surface area contributed by atoms with Crippen LogP contribution in [0.4, 0.5) is 5.82 Å². The summed E-state index contributed by atoms with van der Waals surface area (Å²) in [6, 6.07) is 21.4. The van der Waals surface area contributed by atoms with E-state index in [2.05, 4.69) is 12.1 Å². The fraction of sp³-hybridized carbons (Fsp3) is 0.312. The third-order valence-electron chi connectivity index (χ3n) is 8.14. The van der Waals surface area contributed by atoms with Crippen molar-refractivity contribution in [3.8, 4) is 12.1 Å². The van der Waals surface area contributed by atoms with Gasteiger partial charge >= 0.3 is 11.4 Å². The van der Waals surface area contributed by atoms with E-state index >= 15 is 0 Å². The maximum atomic E-state index is 13.3. The molecule has 0 radical (unpaired) electrons. The van der Waals surface area contributed by atoms with E-state index in [0.717, 1.165) is 22.0 Å². The van der Waals surface area contributed by atoms with Crippen molar-refractivity contribution >= 4 is 5.82 Å². The standard InChI is InChI=1S/C32H31N7O4/c1-35-29(40)15-27(38(31(35)42)20-25-11-5-3-9-23(25)17-33)14-22-8-7-13-37(19-22)28-16-30(41)36(2)32(43)39(28)21-26-12-6-4-10-24(26)18-34/h3-6,9-12,15-16,22H,7-8,13-14,19-21H2,1-2H3/t22-/m0/s1. The van der Waals surface area contributed by atoms with Crippen molar-refractivity contribution in [2.24, 2.45) is 20.0 Å². The van der Waals surface area contributed by atoms with Crippen molar-refractivity contribution in [2.45, 2.75) is 32.4 Å². The summed E-state index contributed by atoms with van der Waals surface area (Å²) in [5.41, 5.74) is 1.05. The average Bonchev–Trinajstić information content (AvgIpc) is 3.02. The van der Waals surface area contributed by atoms with Crippen molar-refractivity contribution in [1.29, 1.82) is 10.5 Å². The van der Waals surface area contributed by atoms with Gasteiger partial charge in [0.05, 0.1) is 36.4 Å². The number of hydrogen-bond acceptors (Lipinski definition) is 7. The fourth-order valence-corrected chi connectivity index (χ4v) is 5.73. The predicted octanol–water partition coefficient (Wildman–Crippen LogP) is 1.71. The monoisotopic (exact) mass is 577 g/mol. The normalized spacial score (nSPS) is 14.7. The molecule has 218 valence electrons. The van der Waals surface area contributed by atoms with Crippen LogP contribution in [0.25, 0.3) is 0 Å². The van der Waals surface area contributed by atoms with E-state index in [4.69, 9.17) is 0 Å². The minimum atomic E-state index is -0.478. The number of rotatable bonds is 7. The summed E-state index contributed by atoms with van der Waals surface area (Å²) in [6.45, 7) is 1.38. The molecule has 0 spiro atoms. The van der Waals surface area contributed by atoms with Gasteiger partial charge < -0.3 is 4.90 Å². The number of aromatic nitrogens is 4. The van der Waals surface area contributed by atoms with Gasteiger partial charge in [0.15, 0.2) is 0 Å². The van der Waals surface area contributed by atoms with Gasteiger partial charge in [0.1, 0.15) is 5.82 Å². The van der Waals surface area contributed by atoms with Crippen LogP contribution >= 0.6 is 0 Å². The molecule has 1 aliphatic rings. The zero-order valence-electron chi connectivity index (χ0n) is 24.1. The molecule has 4 aromatic rings. The molecule has 11 heteroatoms. The Kier molecular flexibility index (Phi) is 8.26. The lowest BCUT2D eigenvalue weighted by atomic mass is 9.93. The zero-order valence-corrected chi connectivity index (χ0v) is 24.1. The van der Waals surface area contributed by atoms with Crippen molar-refractivity contribution < 1.29 is 0 Å². The highest BCUT2D eigenvalue weighted by Gasteiger charge is 2.26. The second-order valence-corrected chi connectivity index (χ2v) is 10.9. The van der Waals surface area contributed by atoms with Crippen LogP contribution in [0, 0.1) is 28.6 Å². The van der Waals surface area contributed by atoms with Gasteiger partial charge in [0.25, 0.3) is 11.1 Å². The maximum absolute atomic E-state index is 13.3. The molecule has 1 aliphatic heterocycles. The fourth-order valence-electron chi connectivity index (χ4n) is 5.73. The third-order valence-corrected chi connectivity index (χ3v) is 8.14. The molecule has 0 unspecified atom stereocenters. The van der Waals surface area contributed by atoms with Crippen molar-refractivity contribution in [3.63, 3.8) is 0 Å². The molecule has 0 aliphatic carbocycles. The second-order valence-electron chi connectivity index (χ2n) is 10.9. The number of nitriles is 2. The van der Waals surface area contributed by atoms with Crippen molar-refractivity contribution in [3.05, 3.63) is 130 Å². The highest BCUT2D eigenvalue weighted by Crippen LogP contribution is 2.25. The number of anilines is 1. The van der Waals surface area contributed by atoms with Gasteiger partial charge in [-0.05, 0) is 48.4 Å². The van der Waals surface area contributed by atoms with E-state index in [1.807, 2.05) is 4.90 Å². The predicted molar refractivity (Wildman–Crippen MR) is 161 cm³/mol. The molecular weight excluding hydrogens is 546 g/mol. The smallest absolute Gasteiger partial charge is 0.332 e. The van der Waals surface area contributed by atoms with Gasteiger partial charge in [-0.3, -0.25) is 27.9 Å². The average molecular weight is 578 g/mol. The Morgan fingerprint density at radius 2 is 1.30 bits per heavy atom. The van der Waals surface area contributed by atoms with Gasteiger partial charge in [-0.2, -0.15) is 10.5 Å². The third kappa shape index (κ3) is 5.84. The number of hydrogen-bond donors (Lipinski definition) is 0. The molecule has 1 fully saturated rings. The Labute approximate surface area is 247 Å². The van der Waals surface area contributed by atoms with Crippen molar-refractivity contribution in [1.82, 2.24) is 18.3 Å². The highest BCUT2D eigenvalue weighted by molar-refractivity contribution is 5.43. The Bertz CT molecular complexity index is 2020. The van der Waals surface area contributed by atoms with Gasteiger partial charge in [-0.15, -0.1) is 0 Å². The molecule has 1 atom stereocenters. The van der Waals surface area contributed by atoms with E-state index in [0.29, 0.717) is 53.3 Å². The van der Waals surface area contributed by atoms with E-state index in [9.17, 15) is 29.7 Å². The molecule has 0 bridgehead atoms. The molecule has 2 aromatic carbocycles. The van der Waals surface area contributed by atoms with Gasteiger partial charge in [-0.1, -0.05) is 36.4 Å². The molecular formula is C32H31N7O4. The Hall–Kier alpha value is -5.42. The summed E-state index contributed by atoms with van der Waals surface area (Å²) in [5, 5.41) is 19.2. The van der Waals surface area contributed by atoms with Crippen molar-refractivity contribution in [2.75, 3.05) is 18.0 Å². The largest absolute Gasteiger partial charge is 0.357 e. The van der Waals surface area contributed by atoms with Gasteiger partial charge in [-0.25, -0.2) is 9.59 Å². The number of nitrogens with zero attached hydrogens (tertiary/aromatic N) is 7. The van der Waals surface area contributed by atoms with Crippen LogP contribution < -0.4 is 27.4 Å². The second kappa shape index (κ2) is 12.2. The van der Waals surface area contributed by atoms with E-state index in [1.54, 1.807) is 53.1 Å². The Morgan fingerprint density at radius 1 is 0.767 bits per heavy atom. The summed E-state index contributed by atoms with van der Waals surface area (Å²) in [6.07, 6.45) is 2.01. The zero-order chi connectivity index (χ0) is 30.7. The van der Waals surface area contributed by atoms with E-state index in [-0.39, 0.29) is 19.0 Å². The number of benzene rings is 2. The molecule has 5 rings (SSSR count). The molecule has 43 heavy (non-hydrogen) atoms.